The zero-order valence-electron chi connectivity index (χ0n) is 11.7. The number of carbonyl (C=O) groups excluding carboxylic acids is 1. The van der Waals surface area contributed by atoms with Crippen LogP contribution in [0.1, 0.15) is 20.3 Å². The van der Waals surface area contributed by atoms with E-state index < -0.39 is 5.63 Å². The van der Waals surface area contributed by atoms with Crippen molar-refractivity contribution in [3.05, 3.63) is 40.9 Å². The molecule has 0 amide bonds. The molecule has 0 saturated heterocycles. The Kier molecular flexibility index (Phi) is 3.25. The second-order valence-corrected chi connectivity index (χ2v) is 5.28. The maximum absolute atomic E-state index is 12.0. The van der Waals surface area contributed by atoms with Crippen molar-refractivity contribution in [2.45, 2.75) is 20.3 Å². The van der Waals surface area contributed by atoms with Gasteiger partial charge in [-0.25, -0.2) is 4.79 Å². The van der Waals surface area contributed by atoms with Crippen LogP contribution in [-0.2, 0) is 4.79 Å². The van der Waals surface area contributed by atoms with Gasteiger partial charge >= 0.3 is 11.6 Å². The molecule has 0 aliphatic rings. The van der Waals surface area contributed by atoms with Gasteiger partial charge in [-0.3, -0.25) is 4.79 Å². The maximum Gasteiger partial charge on any atom is 0.336 e. The number of ether oxygens (including phenoxy) is 1. The molecule has 108 valence electrons. The van der Waals surface area contributed by atoms with Gasteiger partial charge in [-0.1, -0.05) is 13.8 Å². The Bertz CT molecular complexity index is 869. The van der Waals surface area contributed by atoms with Gasteiger partial charge in [0.2, 0.25) is 0 Å². The second-order valence-electron chi connectivity index (χ2n) is 5.28. The highest BCUT2D eigenvalue weighted by Gasteiger charge is 2.16. The summed E-state index contributed by atoms with van der Waals surface area (Å²) in [4.78, 5) is 23.3. The van der Waals surface area contributed by atoms with E-state index in [9.17, 15) is 9.59 Å². The van der Waals surface area contributed by atoms with Gasteiger partial charge in [0, 0.05) is 18.6 Å². The van der Waals surface area contributed by atoms with Crippen LogP contribution in [0, 0.1) is 5.92 Å². The van der Waals surface area contributed by atoms with E-state index in [-0.39, 0.29) is 11.9 Å². The summed E-state index contributed by atoms with van der Waals surface area (Å²) >= 11 is 0. The molecule has 3 aromatic rings. The fraction of sp³-hybridized carbons (Fsp3) is 0.250. The second kappa shape index (κ2) is 5.09. The van der Waals surface area contributed by atoms with Crippen LogP contribution < -0.4 is 10.4 Å². The first-order chi connectivity index (χ1) is 10.0. The van der Waals surface area contributed by atoms with E-state index in [4.69, 9.17) is 13.6 Å². The Morgan fingerprint density at radius 3 is 2.71 bits per heavy atom. The molecule has 0 N–H and O–H groups in total. The minimum Gasteiger partial charge on any atom is -0.464 e. The average molecular weight is 286 g/mol. The Hall–Kier alpha value is -2.56. The number of rotatable bonds is 3. The summed E-state index contributed by atoms with van der Waals surface area (Å²) in [7, 11) is 0. The number of benzene rings is 1. The molecule has 2 aromatic heterocycles. The lowest BCUT2D eigenvalue weighted by Crippen LogP contribution is -2.11. The molecule has 0 bridgehead atoms. The van der Waals surface area contributed by atoms with Crippen molar-refractivity contribution in [3.8, 4) is 5.75 Å². The van der Waals surface area contributed by atoms with Crippen LogP contribution in [0.25, 0.3) is 21.9 Å². The molecular weight excluding hydrogens is 272 g/mol. The van der Waals surface area contributed by atoms with Gasteiger partial charge in [-0.2, -0.15) is 0 Å². The fourth-order valence-corrected chi connectivity index (χ4v) is 2.21. The van der Waals surface area contributed by atoms with Crippen LogP contribution in [0.4, 0.5) is 0 Å². The highest BCUT2D eigenvalue weighted by Crippen LogP contribution is 2.35. The number of fused-ring (bicyclic) bond motifs is 2. The number of carbonyl (C=O) groups is 1. The average Bonchev–Trinajstić information content (AvgIpc) is 2.85. The minimum atomic E-state index is -0.465. The van der Waals surface area contributed by atoms with Crippen LogP contribution in [0.2, 0.25) is 0 Å². The maximum atomic E-state index is 12.0. The van der Waals surface area contributed by atoms with E-state index in [0.717, 1.165) is 0 Å². The van der Waals surface area contributed by atoms with Crippen LogP contribution in [0.15, 0.2) is 44.2 Å². The first-order valence-corrected chi connectivity index (χ1v) is 6.69. The Morgan fingerprint density at radius 2 is 1.95 bits per heavy atom. The normalized spacial score (nSPS) is 11.4. The minimum absolute atomic E-state index is 0.199. The molecule has 2 heterocycles. The van der Waals surface area contributed by atoms with Crippen LogP contribution in [0.3, 0.4) is 0 Å². The van der Waals surface area contributed by atoms with Crippen molar-refractivity contribution in [1.29, 1.82) is 0 Å². The van der Waals surface area contributed by atoms with E-state index in [1.165, 1.54) is 12.3 Å². The highest BCUT2D eigenvalue weighted by molar-refractivity contribution is 6.02. The largest absolute Gasteiger partial charge is 0.464 e. The zero-order chi connectivity index (χ0) is 15.0. The van der Waals surface area contributed by atoms with Crippen molar-refractivity contribution in [2.24, 2.45) is 5.92 Å². The molecule has 3 rings (SSSR count). The first kappa shape index (κ1) is 13.4. The number of furan rings is 1. The summed E-state index contributed by atoms with van der Waals surface area (Å²) in [5, 5.41) is 1.24. The lowest BCUT2D eigenvalue weighted by Gasteiger charge is -2.09. The topological polar surface area (TPSA) is 69.7 Å². The van der Waals surface area contributed by atoms with Gasteiger partial charge < -0.3 is 13.6 Å². The molecule has 0 fully saturated rings. The van der Waals surface area contributed by atoms with E-state index in [2.05, 4.69) is 0 Å². The third kappa shape index (κ3) is 2.54. The standard InChI is InChI=1S/C16H14O5/c1-9(2)7-15(18)21-16-10-3-4-14(17)20-13(10)8-12-11(16)5-6-19-12/h3-6,8-9H,7H2,1-2H3. The van der Waals surface area contributed by atoms with Crippen molar-refractivity contribution >= 4 is 27.9 Å². The quantitative estimate of drug-likeness (QED) is 0.419. The molecule has 21 heavy (non-hydrogen) atoms. The molecular formula is C16H14O5. The predicted octanol–water partition coefficient (Wildman–Crippen LogP) is 3.49. The van der Waals surface area contributed by atoms with Gasteiger partial charge in [-0.15, -0.1) is 0 Å². The SMILES string of the molecule is CC(C)CC(=O)Oc1c2ccoc2cc2oc(=O)ccc12. The van der Waals surface area contributed by atoms with Gasteiger partial charge in [0.15, 0.2) is 5.75 Å². The number of hydrogen-bond acceptors (Lipinski definition) is 5. The lowest BCUT2D eigenvalue weighted by molar-refractivity contribution is -0.135. The van der Waals surface area contributed by atoms with Crippen LogP contribution in [-0.4, -0.2) is 5.97 Å². The zero-order valence-corrected chi connectivity index (χ0v) is 11.7. The Labute approximate surface area is 120 Å². The highest BCUT2D eigenvalue weighted by atomic mass is 16.5. The molecule has 0 radical (unpaired) electrons. The first-order valence-electron chi connectivity index (χ1n) is 6.69. The molecule has 0 aliphatic carbocycles. The summed E-state index contributed by atoms with van der Waals surface area (Å²) in [6.45, 7) is 3.88. The molecule has 0 saturated carbocycles. The summed E-state index contributed by atoms with van der Waals surface area (Å²) in [6, 6.07) is 6.23. The number of hydrogen-bond donors (Lipinski definition) is 0. The van der Waals surface area contributed by atoms with E-state index in [1.807, 2.05) is 13.8 Å². The Morgan fingerprint density at radius 1 is 1.19 bits per heavy atom. The molecule has 0 unspecified atom stereocenters. The number of esters is 1. The van der Waals surface area contributed by atoms with Gasteiger partial charge in [0.1, 0.15) is 11.2 Å². The fourth-order valence-electron chi connectivity index (χ4n) is 2.21. The summed E-state index contributed by atoms with van der Waals surface area (Å²) in [5.41, 5.74) is 0.370. The van der Waals surface area contributed by atoms with Gasteiger partial charge in [0.05, 0.1) is 17.0 Å². The van der Waals surface area contributed by atoms with Crippen LogP contribution in [0.5, 0.6) is 5.75 Å². The third-order valence-electron chi connectivity index (χ3n) is 3.10. The van der Waals surface area contributed by atoms with Crippen molar-refractivity contribution < 1.29 is 18.4 Å². The smallest absolute Gasteiger partial charge is 0.336 e. The molecule has 1 aromatic carbocycles. The summed E-state index contributed by atoms with van der Waals surface area (Å²) in [6.07, 6.45) is 1.81. The monoisotopic (exact) mass is 286 g/mol. The van der Waals surface area contributed by atoms with Crippen molar-refractivity contribution in [2.75, 3.05) is 0 Å². The molecule has 0 spiro atoms. The van der Waals surface area contributed by atoms with Crippen molar-refractivity contribution in [3.63, 3.8) is 0 Å². The third-order valence-corrected chi connectivity index (χ3v) is 3.10. The predicted molar refractivity (Wildman–Crippen MR) is 77.3 cm³/mol. The van der Waals surface area contributed by atoms with Crippen LogP contribution >= 0.6 is 0 Å². The van der Waals surface area contributed by atoms with E-state index in [1.54, 1.807) is 18.2 Å². The van der Waals surface area contributed by atoms with Gasteiger partial charge in [0.25, 0.3) is 0 Å². The summed E-state index contributed by atoms with van der Waals surface area (Å²) < 4.78 is 15.9. The molecule has 5 nitrogen and oxygen atoms in total. The molecule has 0 atom stereocenters. The van der Waals surface area contributed by atoms with E-state index in [0.29, 0.717) is 34.1 Å². The summed E-state index contributed by atoms with van der Waals surface area (Å²) in [5.74, 6) is 0.238. The Balaban J connectivity index is 2.18. The molecule has 5 heteroatoms. The van der Waals surface area contributed by atoms with Crippen molar-refractivity contribution in [1.82, 2.24) is 0 Å². The van der Waals surface area contributed by atoms with E-state index >= 15 is 0 Å². The molecule has 0 aliphatic heterocycles. The lowest BCUT2D eigenvalue weighted by atomic mass is 10.1. The van der Waals surface area contributed by atoms with Gasteiger partial charge in [-0.05, 0) is 18.1 Å².